The van der Waals surface area contributed by atoms with Gasteiger partial charge in [0.25, 0.3) is 0 Å². The lowest BCUT2D eigenvalue weighted by molar-refractivity contribution is 0.373. The maximum Gasteiger partial charge on any atom is 0.375 e. The Morgan fingerprint density at radius 3 is 2.53 bits per heavy atom. The molecule has 15 heavy (non-hydrogen) atoms. The van der Waals surface area contributed by atoms with Crippen LogP contribution in [-0.4, -0.2) is 19.8 Å². The molecule has 0 aromatic heterocycles. The minimum absolute atomic E-state index is 0.490. The molecule has 6 heteroatoms. The summed E-state index contributed by atoms with van der Waals surface area (Å²) in [5, 5.41) is 0.490. The molecule has 1 aromatic carbocycles. The van der Waals surface area contributed by atoms with Crippen LogP contribution in [0.2, 0.25) is 5.02 Å². The fraction of sp³-hybridized carbons (Fsp3) is 0.333. The molecule has 0 aliphatic heterocycles. The van der Waals surface area contributed by atoms with E-state index in [1.165, 1.54) is 7.05 Å². The van der Waals surface area contributed by atoms with Crippen LogP contribution >= 0.6 is 11.6 Å². The van der Waals surface area contributed by atoms with Gasteiger partial charge in [-0.25, -0.2) is 0 Å². The van der Waals surface area contributed by atoms with Crippen molar-refractivity contribution < 1.29 is 12.3 Å². The lowest BCUT2D eigenvalue weighted by atomic mass is 10.1. The van der Waals surface area contributed by atoms with Crippen LogP contribution in [0.25, 0.3) is 0 Å². The molecule has 0 saturated heterocycles. The molecule has 0 fully saturated rings. The minimum atomic E-state index is -4.67. The summed E-state index contributed by atoms with van der Waals surface area (Å²) < 4.78 is 34.7. The first kappa shape index (κ1) is 12.4. The number of rotatable bonds is 3. The van der Waals surface area contributed by atoms with Gasteiger partial charge in [0.05, 0.1) is 0 Å². The zero-order chi connectivity index (χ0) is 11.6. The molecule has 0 bridgehead atoms. The Morgan fingerprint density at radius 1 is 1.47 bits per heavy atom. The summed E-state index contributed by atoms with van der Waals surface area (Å²) in [7, 11) is -3.49. The Hall–Kier alpha value is -0.650. The highest BCUT2D eigenvalue weighted by atomic mass is 35.5. The average molecular weight is 252 g/mol. The van der Waals surface area contributed by atoms with Crippen LogP contribution in [-0.2, 0) is 10.4 Å². The predicted molar refractivity (Wildman–Crippen MR) is 57.7 cm³/mol. The Morgan fingerprint density at radius 2 is 2.07 bits per heavy atom. The van der Waals surface area contributed by atoms with Gasteiger partial charge in [0.2, 0.25) is 0 Å². The molecule has 0 radical (unpaired) electrons. The molecule has 84 valence electrons. The molecule has 0 heterocycles. The molecule has 3 nitrogen and oxygen atoms in total. The zero-order valence-corrected chi connectivity index (χ0v) is 9.89. The fourth-order valence-electron chi connectivity index (χ4n) is 1.17. The van der Waals surface area contributed by atoms with E-state index in [1.54, 1.807) is 31.2 Å². The zero-order valence-electron chi connectivity index (χ0n) is 8.31. The lowest BCUT2D eigenvalue weighted by Crippen LogP contribution is -2.26. The van der Waals surface area contributed by atoms with Crippen LogP contribution < -0.4 is 0 Å². The second kappa shape index (κ2) is 4.47. The SMILES string of the molecule is CC(c1cccc(Cl)c1)N(C)S(=O)(=O)F. The molecule has 0 aliphatic rings. The van der Waals surface area contributed by atoms with Gasteiger partial charge in [0, 0.05) is 18.1 Å². The van der Waals surface area contributed by atoms with Gasteiger partial charge in [-0.1, -0.05) is 27.6 Å². The van der Waals surface area contributed by atoms with Gasteiger partial charge in [-0.3, -0.25) is 0 Å². The highest BCUT2D eigenvalue weighted by Gasteiger charge is 2.23. The predicted octanol–water partition coefficient (Wildman–Crippen LogP) is 2.55. The summed E-state index contributed by atoms with van der Waals surface area (Å²) in [5.74, 6) is 0. The number of nitrogens with zero attached hydrogens (tertiary/aromatic N) is 1. The topological polar surface area (TPSA) is 37.4 Å². The highest BCUT2D eigenvalue weighted by Crippen LogP contribution is 2.24. The standard InChI is InChI=1S/C9H11ClFNO2S/c1-7(12(2)15(11,13)14)8-4-3-5-9(10)6-8/h3-7H,1-2H3. The molecule has 0 aliphatic carbocycles. The first-order valence-corrected chi connectivity index (χ1v) is 5.97. The summed E-state index contributed by atoms with van der Waals surface area (Å²) in [5.41, 5.74) is 0.645. The van der Waals surface area contributed by atoms with E-state index in [0.717, 1.165) is 0 Å². The van der Waals surface area contributed by atoms with Crippen molar-refractivity contribution in [1.29, 1.82) is 0 Å². The van der Waals surface area contributed by atoms with Crippen molar-refractivity contribution in [3.05, 3.63) is 34.9 Å². The second-order valence-electron chi connectivity index (χ2n) is 3.19. The normalized spacial score (nSPS) is 14.2. The third-order valence-electron chi connectivity index (χ3n) is 2.22. The Kier molecular flexibility index (Phi) is 3.70. The first-order valence-electron chi connectivity index (χ1n) is 4.25. The molecular formula is C9H11ClFNO2S. The van der Waals surface area contributed by atoms with Crippen molar-refractivity contribution >= 4 is 22.0 Å². The maximum atomic E-state index is 12.7. The smallest absolute Gasteiger partial charge is 0.177 e. The number of hydrogen-bond acceptors (Lipinski definition) is 2. The quantitative estimate of drug-likeness (QED) is 0.775. The summed E-state index contributed by atoms with van der Waals surface area (Å²) in [6, 6.07) is 6.07. The van der Waals surface area contributed by atoms with E-state index in [4.69, 9.17) is 11.6 Å². The van der Waals surface area contributed by atoms with E-state index in [1.807, 2.05) is 0 Å². The Balaban J connectivity index is 3.00. The molecule has 0 N–H and O–H groups in total. The third kappa shape index (κ3) is 3.15. The van der Waals surface area contributed by atoms with Gasteiger partial charge < -0.3 is 0 Å². The van der Waals surface area contributed by atoms with Crippen molar-refractivity contribution in [3.8, 4) is 0 Å². The summed E-state index contributed by atoms with van der Waals surface area (Å²) in [6.45, 7) is 1.59. The monoisotopic (exact) mass is 251 g/mol. The van der Waals surface area contributed by atoms with Crippen LogP contribution in [0.15, 0.2) is 24.3 Å². The van der Waals surface area contributed by atoms with Crippen LogP contribution in [0.3, 0.4) is 0 Å². The second-order valence-corrected chi connectivity index (χ2v) is 5.03. The number of hydrogen-bond donors (Lipinski definition) is 0. The molecule has 0 spiro atoms. The summed E-state index contributed by atoms with van der Waals surface area (Å²) in [6.07, 6.45) is 0. The molecule has 0 amide bonds. The number of halogens is 2. The van der Waals surface area contributed by atoms with Gasteiger partial charge in [0.15, 0.2) is 0 Å². The molecular weight excluding hydrogens is 241 g/mol. The van der Waals surface area contributed by atoms with Crippen molar-refractivity contribution in [1.82, 2.24) is 4.31 Å². The minimum Gasteiger partial charge on any atom is -0.177 e. The van der Waals surface area contributed by atoms with E-state index in [0.29, 0.717) is 14.9 Å². The van der Waals surface area contributed by atoms with Crippen molar-refractivity contribution in [2.45, 2.75) is 13.0 Å². The van der Waals surface area contributed by atoms with Crippen LogP contribution in [0.5, 0.6) is 0 Å². The summed E-state index contributed by atoms with van der Waals surface area (Å²) in [4.78, 5) is 0. The maximum absolute atomic E-state index is 12.7. The largest absolute Gasteiger partial charge is 0.375 e. The van der Waals surface area contributed by atoms with Gasteiger partial charge in [0.1, 0.15) is 0 Å². The molecule has 1 unspecified atom stereocenters. The first-order chi connectivity index (χ1) is 6.82. The third-order valence-corrected chi connectivity index (χ3v) is 3.46. The van der Waals surface area contributed by atoms with E-state index >= 15 is 0 Å². The molecule has 0 saturated carbocycles. The Labute approximate surface area is 93.8 Å². The molecule has 1 rings (SSSR count). The van der Waals surface area contributed by atoms with E-state index in [2.05, 4.69) is 0 Å². The van der Waals surface area contributed by atoms with Gasteiger partial charge in [-0.2, -0.15) is 12.7 Å². The molecule has 1 atom stereocenters. The van der Waals surface area contributed by atoms with Crippen molar-refractivity contribution in [3.63, 3.8) is 0 Å². The van der Waals surface area contributed by atoms with Crippen LogP contribution in [0.1, 0.15) is 18.5 Å². The molecule has 1 aromatic rings. The Bertz CT molecular complexity index is 449. The van der Waals surface area contributed by atoms with Gasteiger partial charge in [-0.15, -0.1) is 0 Å². The van der Waals surface area contributed by atoms with Crippen molar-refractivity contribution in [2.24, 2.45) is 0 Å². The van der Waals surface area contributed by atoms with E-state index < -0.39 is 16.5 Å². The fourth-order valence-corrected chi connectivity index (χ4v) is 1.86. The van der Waals surface area contributed by atoms with E-state index in [9.17, 15) is 12.3 Å². The lowest BCUT2D eigenvalue weighted by Gasteiger charge is -2.20. The summed E-state index contributed by atoms with van der Waals surface area (Å²) >= 11 is 5.75. The van der Waals surface area contributed by atoms with Crippen molar-refractivity contribution in [2.75, 3.05) is 7.05 Å². The van der Waals surface area contributed by atoms with Crippen LogP contribution in [0, 0.1) is 0 Å². The average Bonchev–Trinajstić information content (AvgIpc) is 2.14. The van der Waals surface area contributed by atoms with Gasteiger partial charge >= 0.3 is 10.4 Å². The van der Waals surface area contributed by atoms with E-state index in [-0.39, 0.29) is 0 Å². The van der Waals surface area contributed by atoms with Gasteiger partial charge in [-0.05, 0) is 24.6 Å². The number of benzene rings is 1. The highest BCUT2D eigenvalue weighted by molar-refractivity contribution is 7.83. The van der Waals surface area contributed by atoms with Crippen LogP contribution in [0.4, 0.5) is 3.89 Å².